The first kappa shape index (κ1) is 17.8. The van der Waals surface area contributed by atoms with Gasteiger partial charge in [-0.25, -0.2) is 0 Å². The van der Waals surface area contributed by atoms with Crippen LogP contribution in [0.15, 0.2) is 60.0 Å². The van der Waals surface area contributed by atoms with E-state index in [2.05, 4.69) is 20.1 Å². The van der Waals surface area contributed by atoms with E-state index in [1.807, 2.05) is 62.4 Å². The molecule has 3 aromatic rings. The normalized spacial score (nSPS) is 14.7. The average molecular weight is 379 g/mol. The van der Waals surface area contributed by atoms with Crippen LogP contribution in [0.3, 0.4) is 0 Å². The Kier molecular flexibility index (Phi) is 4.99. The molecule has 0 aliphatic heterocycles. The van der Waals surface area contributed by atoms with Crippen molar-refractivity contribution in [2.45, 2.75) is 43.1 Å². The summed E-state index contributed by atoms with van der Waals surface area (Å²) in [5, 5.41) is 11.8. The van der Waals surface area contributed by atoms with Gasteiger partial charge in [-0.3, -0.25) is 4.79 Å². The van der Waals surface area contributed by atoms with Crippen molar-refractivity contribution in [2.24, 2.45) is 0 Å². The molecule has 2 aromatic carbocycles. The molecule has 1 saturated carbocycles. The molecule has 1 fully saturated rings. The van der Waals surface area contributed by atoms with Crippen molar-refractivity contribution < 1.29 is 4.79 Å². The zero-order chi connectivity index (χ0) is 18.8. The number of aryl methyl sites for hydroxylation is 2. The Morgan fingerprint density at radius 2 is 1.96 bits per heavy atom. The molecule has 1 heterocycles. The van der Waals surface area contributed by atoms with Crippen LogP contribution in [0, 0.1) is 13.8 Å². The number of rotatable bonds is 6. The summed E-state index contributed by atoms with van der Waals surface area (Å²) in [7, 11) is 0. The summed E-state index contributed by atoms with van der Waals surface area (Å²) >= 11 is 1.46. The number of nitrogens with zero attached hydrogens (tertiary/aromatic N) is 3. The molecule has 1 N–H and O–H groups in total. The highest BCUT2D eigenvalue weighted by Crippen LogP contribution is 2.41. The Morgan fingerprint density at radius 3 is 2.70 bits per heavy atom. The van der Waals surface area contributed by atoms with Gasteiger partial charge in [0.25, 0.3) is 0 Å². The molecule has 5 nitrogen and oxygen atoms in total. The third kappa shape index (κ3) is 4.06. The van der Waals surface area contributed by atoms with Gasteiger partial charge in [0.2, 0.25) is 5.91 Å². The summed E-state index contributed by atoms with van der Waals surface area (Å²) in [6.07, 6.45) is 4.07. The second-order valence-corrected chi connectivity index (χ2v) is 8.04. The average Bonchev–Trinajstić information content (AvgIpc) is 3.41. The van der Waals surface area contributed by atoms with Gasteiger partial charge < -0.3 is 9.88 Å². The van der Waals surface area contributed by atoms with Gasteiger partial charge in [0.1, 0.15) is 11.6 Å². The largest absolute Gasteiger partial charge is 0.325 e. The smallest absolute Gasteiger partial charge is 0.242 e. The molecule has 1 aliphatic carbocycles. The molecule has 1 unspecified atom stereocenters. The van der Waals surface area contributed by atoms with E-state index in [1.54, 1.807) is 6.33 Å². The van der Waals surface area contributed by atoms with Crippen molar-refractivity contribution in [1.29, 1.82) is 0 Å². The van der Waals surface area contributed by atoms with E-state index >= 15 is 0 Å². The van der Waals surface area contributed by atoms with E-state index in [0.29, 0.717) is 6.04 Å². The fourth-order valence-corrected chi connectivity index (χ4v) is 4.08. The van der Waals surface area contributed by atoms with Crippen molar-refractivity contribution in [1.82, 2.24) is 14.8 Å². The van der Waals surface area contributed by atoms with Crippen molar-refractivity contribution in [2.75, 3.05) is 5.32 Å². The Labute approximate surface area is 163 Å². The molecule has 27 heavy (non-hydrogen) atoms. The number of thioether (sulfide) groups is 1. The van der Waals surface area contributed by atoms with Gasteiger partial charge in [-0.15, -0.1) is 10.2 Å². The Bertz CT molecular complexity index is 950. The number of nitrogens with one attached hydrogen (secondary N) is 1. The summed E-state index contributed by atoms with van der Waals surface area (Å²) in [6, 6.07) is 16.4. The molecule has 1 atom stereocenters. The summed E-state index contributed by atoms with van der Waals surface area (Å²) in [6.45, 7) is 4.03. The molecule has 1 aromatic heterocycles. The molecule has 0 spiro atoms. The summed E-state index contributed by atoms with van der Waals surface area (Å²) in [5.74, 6) is -0.0507. The first-order valence-electron chi connectivity index (χ1n) is 9.11. The minimum absolute atomic E-state index is 0.0507. The Hall–Kier alpha value is -2.60. The quantitative estimate of drug-likeness (QED) is 0.632. The van der Waals surface area contributed by atoms with Gasteiger partial charge in [0, 0.05) is 11.7 Å². The topological polar surface area (TPSA) is 59.8 Å². The van der Waals surface area contributed by atoms with Crippen molar-refractivity contribution >= 4 is 23.4 Å². The minimum Gasteiger partial charge on any atom is -0.325 e. The second kappa shape index (κ2) is 7.56. The molecule has 1 aliphatic rings. The molecular formula is C21H22N4OS. The van der Waals surface area contributed by atoms with E-state index < -0.39 is 5.25 Å². The SMILES string of the molecule is Cc1ccc(C)c(NC(=O)C(Sc2nncn2C2CC2)c2ccccc2)c1. The van der Waals surface area contributed by atoms with Crippen LogP contribution >= 0.6 is 11.8 Å². The van der Waals surface area contributed by atoms with Gasteiger partial charge >= 0.3 is 0 Å². The number of hydrogen-bond donors (Lipinski definition) is 1. The fourth-order valence-electron chi connectivity index (χ4n) is 2.99. The Balaban J connectivity index is 1.62. The van der Waals surface area contributed by atoms with E-state index in [9.17, 15) is 4.79 Å². The number of aromatic nitrogens is 3. The van der Waals surface area contributed by atoms with Crippen LogP contribution < -0.4 is 5.32 Å². The highest BCUT2D eigenvalue weighted by Gasteiger charge is 2.30. The molecule has 0 radical (unpaired) electrons. The van der Waals surface area contributed by atoms with Gasteiger partial charge in [-0.2, -0.15) is 0 Å². The molecule has 138 valence electrons. The first-order valence-corrected chi connectivity index (χ1v) is 9.99. The lowest BCUT2D eigenvalue weighted by molar-refractivity contribution is -0.115. The fraction of sp³-hybridized carbons (Fsp3) is 0.286. The second-order valence-electron chi connectivity index (χ2n) is 6.97. The molecule has 4 rings (SSSR count). The van der Waals surface area contributed by atoms with Gasteiger partial charge in [-0.05, 0) is 49.4 Å². The maximum absolute atomic E-state index is 13.2. The van der Waals surface area contributed by atoms with Gasteiger partial charge in [0.05, 0.1) is 0 Å². The molecule has 1 amide bonds. The monoisotopic (exact) mass is 378 g/mol. The zero-order valence-corrected chi connectivity index (χ0v) is 16.2. The summed E-state index contributed by atoms with van der Waals surface area (Å²) in [4.78, 5) is 13.2. The number of carbonyl (C=O) groups excluding carboxylic acids is 1. The van der Waals surface area contributed by atoms with Crippen molar-refractivity contribution in [3.63, 3.8) is 0 Å². The number of benzene rings is 2. The first-order chi connectivity index (χ1) is 13.1. The highest BCUT2D eigenvalue weighted by molar-refractivity contribution is 8.00. The standard InChI is InChI=1S/C21H22N4OS/c1-14-8-9-15(2)18(12-14)23-20(26)19(16-6-4-3-5-7-16)27-21-24-22-13-25(21)17-10-11-17/h3-9,12-13,17,19H,10-11H2,1-2H3,(H,23,26). The van der Waals surface area contributed by atoms with Gasteiger partial charge in [-0.1, -0.05) is 54.2 Å². The molecule has 6 heteroatoms. The highest BCUT2D eigenvalue weighted by atomic mass is 32.2. The minimum atomic E-state index is -0.396. The third-order valence-electron chi connectivity index (χ3n) is 4.70. The molecule has 0 bridgehead atoms. The summed E-state index contributed by atoms with van der Waals surface area (Å²) < 4.78 is 2.09. The molecular weight excluding hydrogens is 356 g/mol. The van der Waals surface area contributed by atoms with Crippen LogP contribution in [0.25, 0.3) is 0 Å². The molecule has 0 saturated heterocycles. The van der Waals surface area contributed by atoms with Crippen LogP contribution in [-0.4, -0.2) is 20.7 Å². The number of amides is 1. The lowest BCUT2D eigenvalue weighted by Gasteiger charge is -2.18. The summed E-state index contributed by atoms with van der Waals surface area (Å²) in [5.41, 5.74) is 3.97. The lowest BCUT2D eigenvalue weighted by Crippen LogP contribution is -2.20. The van der Waals surface area contributed by atoms with E-state index in [-0.39, 0.29) is 5.91 Å². The maximum Gasteiger partial charge on any atom is 0.242 e. The van der Waals surface area contributed by atoms with E-state index in [1.165, 1.54) is 11.8 Å². The number of carbonyl (C=O) groups is 1. The number of anilines is 1. The predicted octanol–water partition coefficient (Wildman–Crippen LogP) is 4.70. The Morgan fingerprint density at radius 1 is 1.19 bits per heavy atom. The van der Waals surface area contributed by atoms with E-state index in [4.69, 9.17) is 0 Å². The van der Waals surface area contributed by atoms with E-state index in [0.717, 1.165) is 40.4 Å². The van der Waals surface area contributed by atoms with Gasteiger partial charge in [0.15, 0.2) is 5.16 Å². The van der Waals surface area contributed by atoms with Crippen LogP contribution in [0.4, 0.5) is 5.69 Å². The van der Waals surface area contributed by atoms with Crippen LogP contribution in [0.1, 0.15) is 40.8 Å². The van der Waals surface area contributed by atoms with Crippen LogP contribution in [0.5, 0.6) is 0 Å². The predicted molar refractivity (Wildman–Crippen MR) is 108 cm³/mol. The lowest BCUT2D eigenvalue weighted by atomic mass is 10.1. The van der Waals surface area contributed by atoms with Crippen molar-refractivity contribution in [3.05, 3.63) is 71.5 Å². The van der Waals surface area contributed by atoms with Crippen LogP contribution in [-0.2, 0) is 4.79 Å². The zero-order valence-electron chi connectivity index (χ0n) is 15.4. The number of hydrogen-bond acceptors (Lipinski definition) is 4. The van der Waals surface area contributed by atoms with Crippen LogP contribution in [0.2, 0.25) is 0 Å². The van der Waals surface area contributed by atoms with Crippen molar-refractivity contribution in [3.8, 4) is 0 Å². The maximum atomic E-state index is 13.2. The third-order valence-corrected chi connectivity index (χ3v) is 5.92.